The van der Waals surface area contributed by atoms with E-state index in [2.05, 4.69) is 42.5 Å². The van der Waals surface area contributed by atoms with Crippen LogP contribution in [0.4, 0.5) is 0 Å². The predicted octanol–water partition coefficient (Wildman–Crippen LogP) is 3.47. The van der Waals surface area contributed by atoms with Crippen LogP contribution in [-0.4, -0.2) is 70.8 Å². The Morgan fingerprint density at radius 3 is 0.636 bits per heavy atom. The first kappa shape index (κ1) is 30.9. The SMILES string of the molecule is ClC1CCC2C3NC(NC4NC(NC5NC(NC6NC(N3)C3CC(Cl)CCC63)C3CC(Cl)CCC53)C3CC(Cl)CCC43)C2C1. The second-order valence-electron chi connectivity index (χ2n) is 16.1. The van der Waals surface area contributed by atoms with Crippen LogP contribution in [0.25, 0.3) is 0 Å². The molecule has 5 saturated heterocycles. The van der Waals surface area contributed by atoms with Gasteiger partial charge in [-0.25, -0.2) is 0 Å². The van der Waals surface area contributed by atoms with Gasteiger partial charge in [0.25, 0.3) is 0 Å². The van der Waals surface area contributed by atoms with E-state index in [0.717, 1.165) is 51.4 Å². The standard InChI is InChI=1S/C32H52Cl4N8/c33-13-1-5-17-21(9-13)29-37-25(17)41-30-22-10-14(34)2-6-18(22)27(38-30)43-32-24-12-16(36)4-8-20(24)28(40-32)44-31-23-11-15(35)3-7-19(23)26(39-31)42-29/h13-32,37-44H,1-12H2. The van der Waals surface area contributed by atoms with Gasteiger partial charge in [-0.15, -0.1) is 46.4 Å². The Kier molecular flexibility index (Phi) is 8.64. The van der Waals surface area contributed by atoms with Crippen LogP contribution in [0.3, 0.4) is 0 Å². The second kappa shape index (κ2) is 12.3. The smallest absolute Gasteiger partial charge is 0.0629 e. The zero-order chi connectivity index (χ0) is 29.7. The minimum Gasteiger partial charge on any atom is -0.286 e. The highest BCUT2D eigenvalue weighted by Gasteiger charge is 2.55. The van der Waals surface area contributed by atoms with Crippen molar-refractivity contribution in [2.24, 2.45) is 47.3 Å². The zero-order valence-electron chi connectivity index (χ0n) is 25.5. The number of hydrogen-bond donors (Lipinski definition) is 8. The van der Waals surface area contributed by atoms with Crippen LogP contribution in [0.2, 0.25) is 0 Å². The second-order valence-corrected chi connectivity index (χ2v) is 18.6. The number of alkyl halides is 4. The summed E-state index contributed by atoms with van der Waals surface area (Å²) in [7, 11) is 0. The third-order valence-electron chi connectivity index (χ3n) is 13.9. The van der Waals surface area contributed by atoms with Gasteiger partial charge in [-0.05, 0) is 124 Å². The van der Waals surface area contributed by atoms with Gasteiger partial charge in [-0.1, -0.05) is 0 Å². The fourth-order valence-corrected chi connectivity index (χ4v) is 13.1. The summed E-state index contributed by atoms with van der Waals surface area (Å²) in [5.41, 5.74) is 0. The minimum atomic E-state index is 0.230. The molecule has 0 spiro atoms. The third kappa shape index (κ3) is 5.49. The monoisotopic (exact) mass is 688 g/mol. The van der Waals surface area contributed by atoms with Crippen molar-refractivity contribution in [3.05, 3.63) is 0 Å². The summed E-state index contributed by atoms with van der Waals surface area (Å²) in [6.45, 7) is 0. The summed E-state index contributed by atoms with van der Waals surface area (Å²) in [5, 5.41) is 34.1. The van der Waals surface area contributed by atoms with Crippen LogP contribution < -0.4 is 42.5 Å². The number of fused-ring (bicyclic) bond motifs is 20. The molecule has 0 amide bonds. The Balaban J connectivity index is 1.06. The summed E-state index contributed by atoms with van der Waals surface area (Å²) in [4.78, 5) is 0. The number of halogens is 4. The molecule has 0 radical (unpaired) electrons. The molecule has 44 heavy (non-hydrogen) atoms. The van der Waals surface area contributed by atoms with E-state index in [4.69, 9.17) is 46.4 Å². The molecular weight excluding hydrogens is 638 g/mol. The van der Waals surface area contributed by atoms with Crippen molar-refractivity contribution in [2.75, 3.05) is 0 Å². The van der Waals surface area contributed by atoms with Crippen molar-refractivity contribution in [3.63, 3.8) is 0 Å². The first-order valence-electron chi connectivity index (χ1n) is 18.0. The molecule has 0 aromatic carbocycles. The third-order valence-corrected chi connectivity index (χ3v) is 15.4. The van der Waals surface area contributed by atoms with Crippen LogP contribution in [0, 0.1) is 47.3 Å². The summed E-state index contributed by atoms with van der Waals surface area (Å²) < 4.78 is 0. The Morgan fingerprint density at radius 2 is 0.432 bits per heavy atom. The molecule has 4 aliphatic carbocycles. The van der Waals surface area contributed by atoms with Crippen molar-refractivity contribution < 1.29 is 0 Å². The van der Waals surface area contributed by atoms with E-state index in [1.165, 1.54) is 25.7 Å². The van der Waals surface area contributed by atoms with Crippen LogP contribution in [0.5, 0.6) is 0 Å². The first-order chi connectivity index (χ1) is 21.4. The predicted molar refractivity (Wildman–Crippen MR) is 177 cm³/mol. The Bertz CT molecular complexity index is 900. The molecule has 8 N–H and O–H groups in total. The highest BCUT2D eigenvalue weighted by atomic mass is 35.5. The van der Waals surface area contributed by atoms with Gasteiger partial charge in [0, 0.05) is 21.5 Å². The maximum Gasteiger partial charge on any atom is 0.0629 e. The molecule has 5 aliphatic heterocycles. The van der Waals surface area contributed by atoms with Gasteiger partial charge in [-0.3, -0.25) is 42.5 Å². The van der Waals surface area contributed by atoms with Crippen LogP contribution >= 0.6 is 46.4 Å². The Labute approximate surface area is 283 Å². The van der Waals surface area contributed by atoms with E-state index in [1.807, 2.05) is 0 Å². The lowest BCUT2D eigenvalue weighted by Crippen LogP contribution is -2.61. The van der Waals surface area contributed by atoms with Crippen molar-refractivity contribution in [1.82, 2.24) is 42.5 Å². The van der Waals surface area contributed by atoms with E-state index >= 15 is 0 Å². The lowest BCUT2D eigenvalue weighted by Gasteiger charge is -2.37. The van der Waals surface area contributed by atoms with E-state index < -0.39 is 0 Å². The summed E-state index contributed by atoms with van der Waals surface area (Å²) >= 11 is 27.4. The summed E-state index contributed by atoms with van der Waals surface area (Å²) in [6, 6.07) is 0. The van der Waals surface area contributed by atoms with E-state index in [-0.39, 0.29) is 70.8 Å². The van der Waals surface area contributed by atoms with Crippen LogP contribution in [0.1, 0.15) is 77.0 Å². The van der Waals surface area contributed by atoms with Gasteiger partial charge >= 0.3 is 0 Å². The van der Waals surface area contributed by atoms with Gasteiger partial charge in [0.2, 0.25) is 0 Å². The molecule has 12 atom stereocenters. The Hall–Kier alpha value is 0.840. The van der Waals surface area contributed by atoms with Gasteiger partial charge in [0.15, 0.2) is 0 Å². The van der Waals surface area contributed by atoms with Crippen LogP contribution in [-0.2, 0) is 0 Å². The fraction of sp³-hybridized carbons (Fsp3) is 1.00. The maximum absolute atomic E-state index is 6.86. The molecule has 8 bridgehead atoms. The summed E-state index contributed by atoms with van der Waals surface area (Å²) in [5.74, 6) is 4.30. The number of nitrogens with one attached hydrogen (secondary N) is 8. The lowest BCUT2D eigenvalue weighted by atomic mass is 9.76. The summed E-state index contributed by atoms with van der Waals surface area (Å²) in [6.07, 6.45) is 15.3. The largest absolute Gasteiger partial charge is 0.286 e. The average Bonchev–Trinajstić information content (AvgIpc) is 3.71. The molecule has 12 heteroatoms. The van der Waals surface area contributed by atoms with Crippen molar-refractivity contribution >= 4 is 46.4 Å². The van der Waals surface area contributed by atoms with Gasteiger partial charge in [-0.2, -0.15) is 0 Å². The molecular formula is C32H52Cl4N8. The quantitative estimate of drug-likeness (QED) is 0.184. The molecule has 4 saturated carbocycles. The molecule has 9 aliphatic rings. The molecule has 12 unspecified atom stereocenters. The van der Waals surface area contributed by atoms with Gasteiger partial charge < -0.3 is 0 Å². The lowest BCUT2D eigenvalue weighted by molar-refractivity contribution is 0.170. The molecule has 0 aromatic rings. The molecule has 248 valence electrons. The zero-order valence-corrected chi connectivity index (χ0v) is 28.6. The van der Waals surface area contributed by atoms with Gasteiger partial charge in [0.05, 0.1) is 49.3 Å². The molecule has 9 fully saturated rings. The number of hydrogen-bond acceptors (Lipinski definition) is 8. The van der Waals surface area contributed by atoms with Crippen molar-refractivity contribution in [2.45, 2.75) is 148 Å². The van der Waals surface area contributed by atoms with Crippen LogP contribution in [0.15, 0.2) is 0 Å². The first-order valence-corrected chi connectivity index (χ1v) is 19.8. The van der Waals surface area contributed by atoms with E-state index in [0.29, 0.717) is 47.3 Å². The average molecular weight is 691 g/mol. The van der Waals surface area contributed by atoms with E-state index in [9.17, 15) is 0 Å². The normalized spacial score (nSPS) is 60.3. The van der Waals surface area contributed by atoms with E-state index in [1.54, 1.807) is 0 Å². The van der Waals surface area contributed by atoms with Crippen molar-refractivity contribution in [3.8, 4) is 0 Å². The number of rotatable bonds is 0. The highest BCUT2D eigenvalue weighted by Crippen LogP contribution is 2.47. The minimum absolute atomic E-state index is 0.230. The van der Waals surface area contributed by atoms with Gasteiger partial charge in [0.1, 0.15) is 0 Å². The maximum atomic E-state index is 6.86. The Morgan fingerprint density at radius 1 is 0.250 bits per heavy atom. The topological polar surface area (TPSA) is 96.2 Å². The highest BCUT2D eigenvalue weighted by molar-refractivity contribution is 6.21. The molecule has 8 nitrogen and oxygen atoms in total. The molecule has 0 aromatic heterocycles. The molecule has 9 rings (SSSR count). The fourth-order valence-electron chi connectivity index (χ4n) is 11.8. The van der Waals surface area contributed by atoms with Crippen molar-refractivity contribution in [1.29, 1.82) is 0 Å². The molecule has 5 heterocycles.